The van der Waals surface area contributed by atoms with Gasteiger partial charge in [-0.15, -0.1) is 0 Å². The highest BCUT2D eigenvalue weighted by Gasteiger charge is 2.26. The lowest BCUT2D eigenvalue weighted by Crippen LogP contribution is -2.34. The van der Waals surface area contributed by atoms with Gasteiger partial charge in [0.25, 0.3) is 15.9 Å². The number of urea groups is 1. The summed E-state index contributed by atoms with van der Waals surface area (Å²) in [5, 5.41) is 3.95. The van der Waals surface area contributed by atoms with Gasteiger partial charge in [-0.3, -0.25) is 10.1 Å². The summed E-state index contributed by atoms with van der Waals surface area (Å²) in [7, 11) is -4.31. The Morgan fingerprint density at radius 3 is 2.19 bits per heavy atom. The minimum absolute atomic E-state index is 0.0730. The van der Waals surface area contributed by atoms with Crippen molar-refractivity contribution < 1.29 is 18.0 Å². The molecule has 3 aromatic rings. The third-order valence-corrected chi connectivity index (χ3v) is 6.38. The van der Waals surface area contributed by atoms with E-state index in [0.717, 1.165) is 0 Å². The van der Waals surface area contributed by atoms with Gasteiger partial charge in [-0.2, -0.15) is 0 Å². The first-order valence-corrected chi connectivity index (χ1v) is 11.3. The molecule has 2 aromatic carbocycles. The van der Waals surface area contributed by atoms with E-state index in [9.17, 15) is 18.0 Å². The summed E-state index contributed by atoms with van der Waals surface area (Å²) in [5.41, 5.74) is 1.31. The van der Waals surface area contributed by atoms with E-state index >= 15 is 0 Å². The van der Waals surface area contributed by atoms with Crippen LogP contribution in [0.2, 0.25) is 10.0 Å². The number of nitrogens with zero attached hydrogens (tertiary/aromatic N) is 2. The summed E-state index contributed by atoms with van der Waals surface area (Å²) in [6, 6.07) is 11.4. The molecule has 166 valence electrons. The van der Waals surface area contributed by atoms with Crippen LogP contribution < -0.4 is 15.4 Å². The number of imide groups is 1. The smallest absolute Gasteiger partial charge is 0.306 e. The average molecular weight is 494 g/mol. The third kappa shape index (κ3) is 5.52. The second-order valence-corrected chi connectivity index (χ2v) is 9.00. The van der Waals surface area contributed by atoms with Gasteiger partial charge in [-0.1, -0.05) is 41.4 Å². The highest BCUT2D eigenvalue weighted by Crippen LogP contribution is 2.36. The maximum absolute atomic E-state index is 12.9. The number of hydrogen-bond donors (Lipinski definition) is 3. The predicted molar refractivity (Wildman–Crippen MR) is 122 cm³/mol. The summed E-state index contributed by atoms with van der Waals surface area (Å²) in [6.45, 7) is 3.37. The van der Waals surface area contributed by atoms with Gasteiger partial charge in [-0.25, -0.2) is 27.9 Å². The van der Waals surface area contributed by atoms with Crippen LogP contribution in [-0.2, 0) is 10.0 Å². The number of carbonyl (C=O) groups is 2. The molecule has 0 radical (unpaired) electrons. The van der Waals surface area contributed by atoms with E-state index in [1.165, 1.54) is 24.3 Å². The molecule has 0 fully saturated rings. The van der Waals surface area contributed by atoms with Gasteiger partial charge in [0.2, 0.25) is 5.95 Å². The van der Waals surface area contributed by atoms with Crippen LogP contribution in [0.1, 0.15) is 21.7 Å². The van der Waals surface area contributed by atoms with Gasteiger partial charge < -0.3 is 5.32 Å². The van der Waals surface area contributed by atoms with Gasteiger partial charge in [-0.05, 0) is 44.2 Å². The number of halogens is 2. The molecule has 0 bridgehead atoms. The van der Waals surface area contributed by atoms with E-state index < -0.39 is 26.9 Å². The predicted octanol–water partition coefficient (Wildman–Crippen LogP) is 4.16. The molecule has 0 aliphatic rings. The fourth-order valence-corrected chi connectivity index (χ4v) is 4.87. The van der Waals surface area contributed by atoms with Crippen molar-refractivity contribution >= 4 is 56.8 Å². The van der Waals surface area contributed by atoms with Crippen molar-refractivity contribution in [3.63, 3.8) is 0 Å². The van der Waals surface area contributed by atoms with Crippen LogP contribution in [0.15, 0.2) is 53.4 Å². The molecule has 1 heterocycles. The Balaban J connectivity index is 1.84. The Morgan fingerprint density at radius 2 is 1.56 bits per heavy atom. The first-order chi connectivity index (χ1) is 15.1. The van der Waals surface area contributed by atoms with Gasteiger partial charge in [0.1, 0.15) is 4.90 Å². The number of rotatable bonds is 5. The molecule has 0 atom stereocenters. The Kier molecular flexibility index (Phi) is 6.97. The highest BCUT2D eigenvalue weighted by molar-refractivity contribution is 7.93. The van der Waals surface area contributed by atoms with Crippen molar-refractivity contribution in [1.29, 1.82) is 0 Å². The van der Waals surface area contributed by atoms with Crippen LogP contribution in [0.5, 0.6) is 0 Å². The molecule has 0 unspecified atom stereocenters. The van der Waals surface area contributed by atoms with Crippen LogP contribution in [0, 0.1) is 13.8 Å². The SMILES string of the molecule is Cc1cc(C)nc(NS(=O)(=O)c2c(Cl)ccc(NC(=O)NC(=O)c3ccccc3)c2Cl)n1. The number of sulfonamides is 1. The molecule has 9 nitrogen and oxygen atoms in total. The third-order valence-electron chi connectivity index (χ3n) is 4.04. The second-order valence-electron chi connectivity index (χ2n) is 6.59. The summed E-state index contributed by atoms with van der Waals surface area (Å²) < 4.78 is 28.1. The number of nitrogens with one attached hydrogen (secondary N) is 3. The average Bonchev–Trinajstić information content (AvgIpc) is 2.69. The molecular weight excluding hydrogens is 477 g/mol. The lowest BCUT2D eigenvalue weighted by Gasteiger charge is -2.14. The molecule has 0 saturated heterocycles. The molecular formula is C20H17Cl2N5O4S. The molecule has 12 heteroatoms. The standard InChI is InChI=1S/C20H17Cl2N5O4S/c1-11-10-12(2)24-19(23-11)27-32(30,31)17-14(21)8-9-15(16(17)22)25-20(29)26-18(28)13-6-4-3-5-7-13/h3-10H,1-2H3,(H,23,24,27)(H2,25,26,28,29). The van der Waals surface area contributed by atoms with Gasteiger partial charge in [0.15, 0.2) is 0 Å². The maximum Gasteiger partial charge on any atom is 0.326 e. The van der Waals surface area contributed by atoms with Crippen molar-refractivity contribution in [3.05, 3.63) is 75.5 Å². The quantitative estimate of drug-likeness (QED) is 0.488. The lowest BCUT2D eigenvalue weighted by atomic mass is 10.2. The summed E-state index contributed by atoms with van der Waals surface area (Å²) >= 11 is 12.3. The summed E-state index contributed by atoms with van der Waals surface area (Å²) in [4.78, 5) is 32.0. The first kappa shape index (κ1) is 23.5. The molecule has 0 spiro atoms. The van der Waals surface area contributed by atoms with E-state index in [2.05, 4.69) is 25.3 Å². The van der Waals surface area contributed by atoms with Crippen molar-refractivity contribution in [2.45, 2.75) is 18.7 Å². The molecule has 3 amide bonds. The Morgan fingerprint density at radius 1 is 0.938 bits per heavy atom. The largest absolute Gasteiger partial charge is 0.326 e. The van der Waals surface area contributed by atoms with Crippen molar-refractivity contribution in [2.75, 3.05) is 10.0 Å². The highest BCUT2D eigenvalue weighted by atomic mass is 35.5. The van der Waals surface area contributed by atoms with Crippen molar-refractivity contribution in [2.24, 2.45) is 0 Å². The number of aryl methyl sites for hydroxylation is 2. The van der Waals surface area contributed by atoms with Crippen LogP contribution in [0.3, 0.4) is 0 Å². The molecule has 0 saturated carbocycles. The number of benzene rings is 2. The zero-order valence-corrected chi connectivity index (χ0v) is 19.1. The van der Waals surface area contributed by atoms with Gasteiger partial charge in [0, 0.05) is 17.0 Å². The van der Waals surface area contributed by atoms with Crippen molar-refractivity contribution in [3.8, 4) is 0 Å². The maximum atomic E-state index is 12.9. The van der Waals surface area contributed by atoms with E-state index in [4.69, 9.17) is 23.2 Å². The minimum Gasteiger partial charge on any atom is -0.306 e. The van der Waals surface area contributed by atoms with E-state index in [1.54, 1.807) is 38.1 Å². The van der Waals surface area contributed by atoms with E-state index in [-0.39, 0.29) is 27.2 Å². The van der Waals surface area contributed by atoms with Crippen molar-refractivity contribution in [1.82, 2.24) is 15.3 Å². The van der Waals surface area contributed by atoms with E-state index in [0.29, 0.717) is 11.4 Å². The van der Waals surface area contributed by atoms with Crippen LogP contribution in [-0.4, -0.2) is 30.3 Å². The number of hydrogen-bond acceptors (Lipinski definition) is 6. The summed E-state index contributed by atoms with van der Waals surface area (Å²) in [5.74, 6) is -0.797. The summed E-state index contributed by atoms with van der Waals surface area (Å²) in [6.07, 6.45) is 0. The second kappa shape index (κ2) is 9.51. The number of carbonyl (C=O) groups excluding carboxylic acids is 2. The normalized spacial score (nSPS) is 11.0. The minimum atomic E-state index is -4.31. The Bertz CT molecular complexity index is 1280. The monoisotopic (exact) mass is 493 g/mol. The zero-order valence-electron chi connectivity index (χ0n) is 16.8. The molecule has 0 aliphatic heterocycles. The molecule has 3 rings (SSSR count). The molecule has 32 heavy (non-hydrogen) atoms. The van der Waals surface area contributed by atoms with Crippen LogP contribution in [0.25, 0.3) is 0 Å². The topological polar surface area (TPSA) is 130 Å². The first-order valence-electron chi connectivity index (χ1n) is 9.07. The number of amides is 3. The van der Waals surface area contributed by atoms with Gasteiger partial charge in [0.05, 0.1) is 15.7 Å². The fraction of sp³-hybridized carbons (Fsp3) is 0.100. The van der Waals surface area contributed by atoms with Gasteiger partial charge >= 0.3 is 6.03 Å². The Labute approximate surface area is 194 Å². The fourth-order valence-electron chi connectivity index (χ4n) is 2.74. The zero-order chi connectivity index (χ0) is 23.5. The molecule has 1 aromatic heterocycles. The molecule has 3 N–H and O–H groups in total. The molecule has 0 aliphatic carbocycles. The number of aromatic nitrogens is 2. The van der Waals surface area contributed by atoms with E-state index in [1.807, 2.05) is 0 Å². The lowest BCUT2D eigenvalue weighted by molar-refractivity contribution is 0.0967. The van der Waals surface area contributed by atoms with Crippen LogP contribution in [0.4, 0.5) is 16.4 Å². The van der Waals surface area contributed by atoms with Crippen LogP contribution >= 0.6 is 23.2 Å². The Hall–Kier alpha value is -3.21. The number of anilines is 2.